The molecule has 0 atom stereocenters. The molecule has 1 aliphatic heterocycles. The molecule has 0 aromatic heterocycles. The molecule has 8 heteroatoms. The second-order valence-electron chi connectivity index (χ2n) is 6.59. The standard InChI is InChI=1S/C19H20N2O5S/c22-19(13-5-8-17-18(11-13)26-10-2-9-25-17)20-15-3-1-4-16(12-15)27(23,24)21-14-6-7-14/h1,3-5,8,11-12,14,21H,2,6-7,9-10H2,(H,20,22). The zero-order chi connectivity index (χ0) is 18.9. The average Bonchev–Trinajstić information content (AvgIpc) is 3.47. The van der Waals surface area contributed by atoms with Crippen molar-refractivity contribution in [2.75, 3.05) is 18.5 Å². The van der Waals surface area contributed by atoms with E-state index in [0.29, 0.717) is 36.0 Å². The number of nitrogens with one attached hydrogen (secondary N) is 2. The van der Waals surface area contributed by atoms with Crippen LogP contribution in [0.15, 0.2) is 47.4 Å². The molecule has 2 aromatic rings. The van der Waals surface area contributed by atoms with E-state index in [-0.39, 0.29) is 16.8 Å². The number of sulfonamides is 1. The maximum absolute atomic E-state index is 12.6. The summed E-state index contributed by atoms with van der Waals surface area (Å²) in [6.45, 7) is 1.11. The minimum Gasteiger partial charge on any atom is -0.490 e. The quantitative estimate of drug-likeness (QED) is 0.821. The number of hydrogen-bond donors (Lipinski definition) is 2. The van der Waals surface area contributed by atoms with Gasteiger partial charge in [0, 0.05) is 23.7 Å². The summed E-state index contributed by atoms with van der Waals surface area (Å²) in [6, 6.07) is 11.2. The molecular weight excluding hydrogens is 368 g/mol. The fraction of sp³-hybridized carbons (Fsp3) is 0.316. The summed E-state index contributed by atoms with van der Waals surface area (Å²) in [4.78, 5) is 12.7. The second kappa shape index (κ2) is 7.21. The van der Waals surface area contributed by atoms with E-state index in [1.807, 2.05) is 0 Å². The van der Waals surface area contributed by atoms with Crippen LogP contribution in [0.1, 0.15) is 29.6 Å². The predicted molar refractivity (Wildman–Crippen MR) is 99.8 cm³/mol. The molecule has 142 valence electrons. The molecule has 0 bridgehead atoms. The van der Waals surface area contributed by atoms with Gasteiger partial charge in [-0.05, 0) is 49.2 Å². The monoisotopic (exact) mass is 388 g/mol. The molecule has 1 fully saturated rings. The van der Waals surface area contributed by atoms with Crippen LogP contribution in [0.5, 0.6) is 11.5 Å². The molecule has 7 nitrogen and oxygen atoms in total. The van der Waals surface area contributed by atoms with Crippen LogP contribution in [0.25, 0.3) is 0 Å². The largest absolute Gasteiger partial charge is 0.490 e. The fourth-order valence-corrected chi connectivity index (χ4v) is 4.09. The van der Waals surface area contributed by atoms with Crippen LogP contribution in [-0.4, -0.2) is 33.6 Å². The third kappa shape index (κ3) is 4.23. The number of hydrogen-bond acceptors (Lipinski definition) is 5. The Kier molecular flexibility index (Phi) is 4.75. The van der Waals surface area contributed by atoms with Crippen LogP contribution >= 0.6 is 0 Å². The molecule has 1 amide bonds. The Hall–Kier alpha value is -2.58. The third-order valence-electron chi connectivity index (χ3n) is 4.31. The Morgan fingerprint density at radius 2 is 1.78 bits per heavy atom. The highest BCUT2D eigenvalue weighted by atomic mass is 32.2. The number of amides is 1. The topological polar surface area (TPSA) is 93.7 Å². The molecule has 1 saturated carbocycles. The maximum atomic E-state index is 12.6. The van der Waals surface area contributed by atoms with Crippen molar-refractivity contribution in [3.8, 4) is 11.5 Å². The highest BCUT2D eigenvalue weighted by Crippen LogP contribution is 2.31. The van der Waals surface area contributed by atoms with Gasteiger partial charge in [-0.25, -0.2) is 13.1 Å². The van der Waals surface area contributed by atoms with E-state index in [1.165, 1.54) is 12.1 Å². The molecular formula is C19H20N2O5S. The maximum Gasteiger partial charge on any atom is 0.255 e. The summed E-state index contributed by atoms with van der Waals surface area (Å²) in [6.07, 6.45) is 2.51. The van der Waals surface area contributed by atoms with Gasteiger partial charge in [0.2, 0.25) is 10.0 Å². The van der Waals surface area contributed by atoms with Crippen molar-refractivity contribution >= 4 is 21.6 Å². The summed E-state index contributed by atoms with van der Waals surface area (Å²) in [7, 11) is -3.57. The smallest absolute Gasteiger partial charge is 0.255 e. The van der Waals surface area contributed by atoms with E-state index in [4.69, 9.17) is 9.47 Å². The molecule has 4 rings (SSSR count). The first-order valence-corrected chi connectivity index (χ1v) is 10.3. The van der Waals surface area contributed by atoms with Gasteiger partial charge >= 0.3 is 0 Å². The summed E-state index contributed by atoms with van der Waals surface area (Å²) >= 11 is 0. The third-order valence-corrected chi connectivity index (χ3v) is 5.83. The Morgan fingerprint density at radius 3 is 2.56 bits per heavy atom. The summed E-state index contributed by atoms with van der Waals surface area (Å²) < 4.78 is 38.5. The number of ether oxygens (including phenoxy) is 2. The number of fused-ring (bicyclic) bond motifs is 1. The SMILES string of the molecule is O=C(Nc1cccc(S(=O)(=O)NC2CC2)c1)c1ccc2c(c1)OCCCO2. The van der Waals surface area contributed by atoms with Crippen molar-refractivity contribution < 1.29 is 22.7 Å². The Bertz CT molecular complexity index is 970. The van der Waals surface area contributed by atoms with Crippen molar-refractivity contribution in [3.05, 3.63) is 48.0 Å². The lowest BCUT2D eigenvalue weighted by Gasteiger charge is -2.11. The van der Waals surface area contributed by atoms with Crippen LogP contribution in [0, 0.1) is 0 Å². The molecule has 0 spiro atoms. The van der Waals surface area contributed by atoms with Gasteiger partial charge in [0.25, 0.3) is 5.91 Å². The van der Waals surface area contributed by atoms with Gasteiger partial charge in [-0.15, -0.1) is 0 Å². The average molecular weight is 388 g/mol. The molecule has 2 aliphatic rings. The number of rotatable bonds is 5. The van der Waals surface area contributed by atoms with Gasteiger partial charge in [-0.1, -0.05) is 6.07 Å². The van der Waals surface area contributed by atoms with Crippen LogP contribution < -0.4 is 19.5 Å². The molecule has 1 heterocycles. The van der Waals surface area contributed by atoms with Gasteiger partial charge in [0.1, 0.15) is 0 Å². The zero-order valence-corrected chi connectivity index (χ0v) is 15.4. The lowest BCUT2D eigenvalue weighted by molar-refractivity contribution is 0.102. The summed E-state index contributed by atoms with van der Waals surface area (Å²) in [5.74, 6) is 0.795. The van der Waals surface area contributed by atoms with Crippen molar-refractivity contribution in [2.45, 2.75) is 30.2 Å². The van der Waals surface area contributed by atoms with Gasteiger partial charge in [-0.3, -0.25) is 4.79 Å². The van der Waals surface area contributed by atoms with E-state index in [2.05, 4.69) is 10.0 Å². The van der Waals surface area contributed by atoms with Gasteiger partial charge < -0.3 is 14.8 Å². The molecule has 27 heavy (non-hydrogen) atoms. The second-order valence-corrected chi connectivity index (χ2v) is 8.30. The normalized spacial score (nSPS) is 16.4. The van der Waals surface area contributed by atoms with Crippen LogP contribution in [0.2, 0.25) is 0 Å². The van der Waals surface area contributed by atoms with E-state index in [1.54, 1.807) is 30.3 Å². The lowest BCUT2D eigenvalue weighted by atomic mass is 10.2. The molecule has 2 N–H and O–H groups in total. The zero-order valence-electron chi connectivity index (χ0n) is 14.6. The van der Waals surface area contributed by atoms with Crippen molar-refractivity contribution in [1.82, 2.24) is 4.72 Å². The molecule has 0 saturated heterocycles. The van der Waals surface area contributed by atoms with Crippen molar-refractivity contribution in [1.29, 1.82) is 0 Å². The highest BCUT2D eigenvalue weighted by Gasteiger charge is 2.28. The number of carbonyl (C=O) groups is 1. The summed E-state index contributed by atoms with van der Waals surface area (Å²) in [5.41, 5.74) is 0.814. The molecule has 0 unspecified atom stereocenters. The number of benzene rings is 2. The van der Waals surface area contributed by atoms with E-state index in [0.717, 1.165) is 19.3 Å². The van der Waals surface area contributed by atoms with E-state index < -0.39 is 10.0 Å². The van der Waals surface area contributed by atoms with Crippen molar-refractivity contribution in [2.24, 2.45) is 0 Å². The molecule has 0 radical (unpaired) electrons. The highest BCUT2D eigenvalue weighted by molar-refractivity contribution is 7.89. The Morgan fingerprint density at radius 1 is 1.00 bits per heavy atom. The van der Waals surface area contributed by atoms with Gasteiger partial charge in [0.15, 0.2) is 11.5 Å². The molecule has 2 aromatic carbocycles. The fourth-order valence-electron chi connectivity index (χ4n) is 2.74. The van der Waals surface area contributed by atoms with Crippen molar-refractivity contribution in [3.63, 3.8) is 0 Å². The lowest BCUT2D eigenvalue weighted by Crippen LogP contribution is -2.25. The Balaban J connectivity index is 1.51. The first-order valence-electron chi connectivity index (χ1n) is 8.85. The minimum atomic E-state index is -3.57. The van der Waals surface area contributed by atoms with E-state index >= 15 is 0 Å². The number of anilines is 1. The molecule has 1 aliphatic carbocycles. The van der Waals surface area contributed by atoms with Crippen LogP contribution in [0.3, 0.4) is 0 Å². The van der Waals surface area contributed by atoms with Crippen LogP contribution in [-0.2, 0) is 10.0 Å². The number of carbonyl (C=O) groups excluding carboxylic acids is 1. The van der Waals surface area contributed by atoms with Crippen LogP contribution in [0.4, 0.5) is 5.69 Å². The Labute approximate surface area is 157 Å². The first-order chi connectivity index (χ1) is 13.0. The van der Waals surface area contributed by atoms with Gasteiger partial charge in [-0.2, -0.15) is 0 Å². The van der Waals surface area contributed by atoms with Gasteiger partial charge in [0.05, 0.1) is 18.1 Å². The minimum absolute atomic E-state index is 0.0232. The van der Waals surface area contributed by atoms with E-state index in [9.17, 15) is 13.2 Å². The predicted octanol–water partition coefficient (Wildman–Crippen LogP) is 2.54. The first kappa shape index (κ1) is 17.8. The summed E-state index contributed by atoms with van der Waals surface area (Å²) in [5, 5.41) is 2.73.